The summed E-state index contributed by atoms with van der Waals surface area (Å²) in [4.78, 5) is 26.1. The van der Waals surface area contributed by atoms with Crippen molar-refractivity contribution in [3.05, 3.63) is 24.3 Å². The number of hydrogen-bond acceptors (Lipinski definition) is 5. The molecule has 7 nitrogen and oxygen atoms in total. The molecule has 0 radical (unpaired) electrons. The van der Waals surface area contributed by atoms with Crippen molar-refractivity contribution in [1.82, 2.24) is 5.01 Å². The molecule has 0 aromatic heterocycles. The number of ether oxygens (including phenoxy) is 1. The molecule has 2 aliphatic rings. The van der Waals surface area contributed by atoms with Gasteiger partial charge in [-0.05, 0) is 12.1 Å². The molecule has 122 valence electrons. The number of carbonyl (C=O) groups is 2. The van der Waals surface area contributed by atoms with Crippen molar-refractivity contribution in [2.24, 2.45) is 5.10 Å². The molecule has 1 saturated heterocycles. The summed E-state index contributed by atoms with van der Waals surface area (Å²) in [6.45, 7) is 2.96. The van der Waals surface area contributed by atoms with Crippen LogP contribution in [-0.2, 0) is 14.3 Å². The summed E-state index contributed by atoms with van der Waals surface area (Å²) in [6.07, 6.45) is 0.683. The quantitative estimate of drug-likeness (QED) is 0.905. The number of anilines is 2. The molecule has 2 heterocycles. The van der Waals surface area contributed by atoms with E-state index < -0.39 is 0 Å². The van der Waals surface area contributed by atoms with E-state index in [9.17, 15) is 9.59 Å². The van der Waals surface area contributed by atoms with E-state index >= 15 is 0 Å². The van der Waals surface area contributed by atoms with Crippen LogP contribution < -0.4 is 10.2 Å². The normalized spacial score (nSPS) is 18.7. The molecule has 2 amide bonds. The third-order valence-electron chi connectivity index (χ3n) is 3.97. The minimum Gasteiger partial charge on any atom is -0.378 e. The fourth-order valence-electron chi connectivity index (χ4n) is 2.69. The van der Waals surface area contributed by atoms with Gasteiger partial charge in [0.25, 0.3) is 5.91 Å². The zero-order valence-electron chi connectivity index (χ0n) is 13.1. The standard InChI is InChI=1S/C16H20N4O3/c1-19-15(21)7-6-13(18-19)16(22)17-12-4-2-3-5-14(12)20-8-10-23-11-9-20/h2-5H,6-11H2,1H3,(H,17,22). The Bertz CT molecular complexity index is 638. The summed E-state index contributed by atoms with van der Waals surface area (Å²) in [5.41, 5.74) is 2.11. The summed E-state index contributed by atoms with van der Waals surface area (Å²) in [5, 5.41) is 8.21. The van der Waals surface area contributed by atoms with Crippen molar-refractivity contribution < 1.29 is 14.3 Å². The molecular formula is C16H20N4O3. The summed E-state index contributed by atoms with van der Waals surface area (Å²) in [6, 6.07) is 7.70. The number of rotatable bonds is 3. The topological polar surface area (TPSA) is 74.2 Å². The zero-order chi connectivity index (χ0) is 16.2. The number of hydrazone groups is 1. The van der Waals surface area contributed by atoms with E-state index in [1.54, 1.807) is 7.05 Å². The van der Waals surface area contributed by atoms with Crippen molar-refractivity contribution in [3.8, 4) is 0 Å². The second-order valence-corrected chi connectivity index (χ2v) is 5.53. The first-order valence-electron chi connectivity index (χ1n) is 7.72. The zero-order valence-corrected chi connectivity index (χ0v) is 13.1. The Morgan fingerprint density at radius 1 is 1.22 bits per heavy atom. The molecule has 1 N–H and O–H groups in total. The molecule has 3 rings (SSSR count). The Hall–Kier alpha value is -2.41. The van der Waals surface area contributed by atoms with Crippen molar-refractivity contribution in [2.45, 2.75) is 12.8 Å². The van der Waals surface area contributed by atoms with Crippen LogP contribution in [0.4, 0.5) is 11.4 Å². The first-order chi connectivity index (χ1) is 11.1. The highest BCUT2D eigenvalue weighted by Gasteiger charge is 2.23. The fraction of sp³-hybridized carbons (Fsp3) is 0.438. The van der Waals surface area contributed by atoms with E-state index in [2.05, 4.69) is 15.3 Å². The SMILES string of the molecule is CN1N=C(C(=O)Nc2ccccc2N2CCOCC2)CCC1=O. The maximum atomic E-state index is 12.4. The number of hydrogen-bond donors (Lipinski definition) is 1. The lowest BCUT2D eigenvalue weighted by molar-refractivity contribution is -0.130. The lowest BCUT2D eigenvalue weighted by Gasteiger charge is -2.30. The number of nitrogens with zero attached hydrogens (tertiary/aromatic N) is 3. The van der Waals surface area contributed by atoms with E-state index in [1.165, 1.54) is 5.01 Å². The number of carbonyl (C=O) groups excluding carboxylic acids is 2. The Labute approximate surface area is 134 Å². The third-order valence-corrected chi connectivity index (χ3v) is 3.97. The van der Waals surface area contributed by atoms with Crippen molar-refractivity contribution in [1.29, 1.82) is 0 Å². The van der Waals surface area contributed by atoms with Gasteiger partial charge < -0.3 is 15.0 Å². The van der Waals surface area contributed by atoms with Gasteiger partial charge in [-0.2, -0.15) is 5.10 Å². The van der Waals surface area contributed by atoms with Gasteiger partial charge in [0.15, 0.2) is 0 Å². The Morgan fingerprint density at radius 2 is 1.96 bits per heavy atom. The van der Waals surface area contributed by atoms with Crippen LogP contribution in [0.1, 0.15) is 12.8 Å². The predicted molar refractivity (Wildman–Crippen MR) is 87.5 cm³/mol. The van der Waals surface area contributed by atoms with Gasteiger partial charge in [-0.15, -0.1) is 0 Å². The number of nitrogens with one attached hydrogen (secondary N) is 1. The minimum atomic E-state index is -0.259. The highest BCUT2D eigenvalue weighted by atomic mass is 16.5. The molecule has 1 aromatic rings. The Balaban J connectivity index is 1.76. The molecule has 0 aliphatic carbocycles. The van der Waals surface area contributed by atoms with Gasteiger partial charge >= 0.3 is 0 Å². The van der Waals surface area contributed by atoms with Crippen LogP contribution in [0.5, 0.6) is 0 Å². The molecule has 0 bridgehead atoms. The largest absolute Gasteiger partial charge is 0.378 e. The van der Waals surface area contributed by atoms with Gasteiger partial charge in [0.2, 0.25) is 5.91 Å². The first-order valence-corrected chi connectivity index (χ1v) is 7.72. The second kappa shape index (κ2) is 6.78. The van der Waals surface area contributed by atoms with Gasteiger partial charge in [-0.3, -0.25) is 9.59 Å². The van der Waals surface area contributed by atoms with E-state index in [1.807, 2.05) is 24.3 Å². The van der Waals surface area contributed by atoms with Crippen LogP contribution in [0.15, 0.2) is 29.4 Å². The smallest absolute Gasteiger partial charge is 0.271 e. The lowest BCUT2D eigenvalue weighted by atomic mass is 10.1. The average Bonchev–Trinajstić information content (AvgIpc) is 2.58. The van der Waals surface area contributed by atoms with Crippen LogP contribution in [0.3, 0.4) is 0 Å². The maximum Gasteiger partial charge on any atom is 0.271 e. The molecular weight excluding hydrogens is 296 g/mol. The van der Waals surface area contributed by atoms with Gasteiger partial charge in [0.1, 0.15) is 5.71 Å². The maximum absolute atomic E-state index is 12.4. The first kappa shape index (κ1) is 15.5. The van der Waals surface area contributed by atoms with E-state index in [0.29, 0.717) is 31.8 Å². The van der Waals surface area contributed by atoms with Gasteiger partial charge in [-0.25, -0.2) is 5.01 Å². The van der Waals surface area contributed by atoms with E-state index in [4.69, 9.17) is 4.74 Å². The monoisotopic (exact) mass is 316 g/mol. The highest BCUT2D eigenvalue weighted by Crippen LogP contribution is 2.26. The molecule has 7 heteroatoms. The van der Waals surface area contributed by atoms with Gasteiger partial charge in [0, 0.05) is 33.0 Å². The minimum absolute atomic E-state index is 0.0738. The fourth-order valence-corrected chi connectivity index (χ4v) is 2.69. The molecule has 0 atom stereocenters. The summed E-state index contributed by atoms with van der Waals surface area (Å²) < 4.78 is 5.37. The van der Waals surface area contributed by atoms with Crippen LogP contribution >= 0.6 is 0 Å². The van der Waals surface area contributed by atoms with Crippen molar-refractivity contribution in [2.75, 3.05) is 43.6 Å². The Morgan fingerprint density at radius 3 is 2.70 bits per heavy atom. The number of morpholine rings is 1. The summed E-state index contributed by atoms with van der Waals surface area (Å²) in [7, 11) is 1.57. The number of amides is 2. The third kappa shape index (κ3) is 3.50. The van der Waals surface area contributed by atoms with Crippen molar-refractivity contribution >= 4 is 28.9 Å². The Kier molecular flexibility index (Phi) is 4.57. The van der Waals surface area contributed by atoms with Gasteiger partial charge in [0.05, 0.1) is 24.6 Å². The molecule has 23 heavy (non-hydrogen) atoms. The van der Waals surface area contributed by atoms with Gasteiger partial charge in [-0.1, -0.05) is 12.1 Å². The molecule has 0 spiro atoms. The molecule has 2 aliphatic heterocycles. The summed E-state index contributed by atoms with van der Waals surface area (Å²) >= 11 is 0. The molecule has 1 fully saturated rings. The van der Waals surface area contributed by atoms with Crippen LogP contribution in [0.25, 0.3) is 0 Å². The second-order valence-electron chi connectivity index (χ2n) is 5.53. The van der Waals surface area contributed by atoms with E-state index in [-0.39, 0.29) is 11.8 Å². The number of para-hydroxylation sites is 2. The average molecular weight is 316 g/mol. The molecule has 1 aromatic carbocycles. The van der Waals surface area contributed by atoms with E-state index in [0.717, 1.165) is 24.5 Å². The molecule has 0 saturated carbocycles. The lowest BCUT2D eigenvalue weighted by Crippen LogP contribution is -2.37. The van der Waals surface area contributed by atoms with Crippen LogP contribution in [-0.4, -0.2) is 55.9 Å². The van der Waals surface area contributed by atoms with Crippen LogP contribution in [0, 0.1) is 0 Å². The number of benzene rings is 1. The van der Waals surface area contributed by atoms with Crippen molar-refractivity contribution in [3.63, 3.8) is 0 Å². The molecule has 0 unspecified atom stereocenters. The highest BCUT2D eigenvalue weighted by molar-refractivity contribution is 6.43. The predicted octanol–water partition coefficient (Wildman–Crippen LogP) is 1.07. The van der Waals surface area contributed by atoms with Crippen LogP contribution in [0.2, 0.25) is 0 Å². The summed E-state index contributed by atoms with van der Waals surface area (Å²) in [5.74, 6) is -0.333.